The van der Waals surface area contributed by atoms with Gasteiger partial charge in [0.05, 0.1) is 19.2 Å². The summed E-state index contributed by atoms with van der Waals surface area (Å²) in [6.07, 6.45) is 0. The summed E-state index contributed by atoms with van der Waals surface area (Å²) in [7, 11) is 1.59. The van der Waals surface area contributed by atoms with E-state index in [1.807, 2.05) is 47.4 Å². The first-order valence-corrected chi connectivity index (χ1v) is 10.2. The monoisotopic (exact) mass is 417 g/mol. The minimum absolute atomic E-state index is 0.107. The van der Waals surface area contributed by atoms with Gasteiger partial charge in [0, 0.05) is 37.0 Å². The van der Waals surface area contributed by atoms with E-state index in [9.17, 15) is 4.79 Å². The summed E-state index contributed by atoms with van der Waals surface area (Å²) >= 11 is 0. The van der Waals surface area contributed by atoms with Crippen molar-refractivity contribution in [1.29, 1.82) is 0 Å². The van der Waals surface area contributed by atoms with Crippen LogP contribution in [0.25, 0.3) is 21.9 Å². The predicted molar refractivity (Wildman–Crippen MR) is 118 cm³/mol. The van der Waals surface area contributed by atoms with Crippen molar-refractivity contribution in [2.75, 3.05) is 39.0 Å². The molecule has 1 saturated heterocycles. The summed E-state index contributed by atoms with van der Waals surface area (Å²) in [5, 5.41) is 1.72. The minimum atomic E-state index is -0.107. The number of methoxy groups -OCH3 is 1. The number of hydrogen-bond donors (Lipinski definition) is 1. The molecule has 3 heterocycles. The van der Waals surface area contributed by atoms with E-state index in [0.717, 1.165) is 29.4 Å². The first-order chi connectivity index (χ1) is 15.1. The van der Waals surface area contributed by atoms with E-state index >= 15 is 0 Å². The Bertz CT molecular complexity index is 1260. The van der Waals surface area contributed by atoms with Gasteiger partial charge in [0.1, 0.15) is 11.6 Å². The van der Waals surface area contributed by atoms with Gasteiger partial charge in [-0.25, -0.2) is 9.97 Å². The lowest BCUT2D eigenvalue weighted by Gasteiger charge is -2.33. The molecular weight excluding hydrogens is 394 g/mol. The molecule has 1 aliphatic heterocycles. The summed E-state index contributed by atoms with van der Waals surface area (Å²) < 4.78 is 11.1. The lowest BCUT2D eigenvalue weighted by molar-refractivity contribution is 0.0597. The number of rotatable bonds is 4. The number of fused-ring (bicyclic) bond motifs is 2. The Labute approximate surface area is 179 Å². The van der Waals surface area contributed by atoms with Crippen molar-refractivity contribution >= 4 is 33.6 Å². The van der Waals surface area contributed by atoms with Crippen LogP contribution in [0.2, 0.25) is 0 Å². The number of anilines is 1. The lowest BCUT2D eigenvalue weighted by Crippen LogP contribution is -2.48. The van der Waals surface area contributed by atoms with Crippen molar-refractivity contribution in [2.24, 2.45) is 0 Å². The molecule has 8 nitrogen and oxygen atoms in total. The van der Waals surface area contributed by atoms with E-state index in [1.165, 1.54) is 0 Å². The van der Waals surface area contributed by atoms with Crippen LogP contribution in [0.5, 0.6) is 5.75 Å². The minimum Gasteiger partial charge on any atom is -0.493 e. The van der Waals surface area contributed by atoms with Crippen LogP contribution in [0.3, 0.4) is 0 Å². The van der Waals surface area contributed by atoms with Crippen molar-refractivity contribution in [3.05, 3.63) is 60.1 Å². The number of nitrogens with zero attached hydrogens (tertiary/aromatic N) is 4. The normalized spacial score (nSPS) is 14.9. The molecule has 2 aromatic heterocycles. The molecule has 0 spiro atoms. The molecule has 4 aromatic rings. The number of hydrogen-bond acceptors (Lipinski definition) is 7. The maximum absolute atomic E-state index is 13.0. The van der Waals surface area contributed by atoms with Gasteiger partial charge in [0.25, 0.3) is 5.91 Å². The Morgan fingerprint density at radius 1 is 1.10 bits per heavy atom. The SMILES string of the molecule is COc1cccc2cc(C(=O)N3CCN(Cc4nc(N)c5ccccc5n4)CC3)oc12. The van der Waals surface area contributed by atoms with Crippen molar-refractivity contribution in [2.45, 2.75) is 6.54 Å². The number of nitrogens with two attached hydrogens (primary N) is 1. The first kappa shape index (κ1) is 19.3. The largest absolute Gasteiger partial charge is 0.493 e. The van der Waals surface area contributed by atoms with Crippen molar-refractivity contribution in [3.8, 4) is 5.75 Å². The third-order valence-corrected chi connectivity index (χ3v) is 5.64. The molecule has 158 valence electrons. The highest BCUT2D eigenvalue weighted by Gasteiger charge is 2.25. The van der Waals surface area contributed by atoms with Gasteiger partial charge in [-0.3, -0.25) is 9.69 Å². The molecule has 2 aromatic carbocycles. The number of nitrogen functional groups attached to an aromatic ring is 1. The molecule has 2 N–H and O–H groups in total. The number of piperazine rings is 1. The summed E-state index contributed by atoms with van der Waals surface area (Å²) in [5.74, 6) is 2.04. The fraction of sp³-hybridized carbons (Fsp3) is 0.261. The fourth-order valence-corrected chi connectivity index (χ4v) is 3.99. The molecular formula is C23H23N5O3. The highest BCUT2D eigenvalue weighted by Crippen LogP contribution is 2.29. The van der Waals surface area contributed by atoms with Crippen LogP contribution in [-0.4, -0.2) is 59.0 Å². The molecule has 0 radical (unpaired) electrons. The van der Waals surface area contributed by atoms with Crippen molar-refractivity contribution < 1.29 is 13.9 Å². The molecule has 1 aliphatic rings. The average molecular weight is 417 g/mol. The second-order valence-corrected chi connectivity index (χ2v) is 7.60. The highest BCUT2D eigenvalue weighted by atomic mass is 16.5. The van der Waals surface area contributed by atoms with Crippen molar-refractivity contribution in [3.63, 3.8) is 0 Å². The molecule has 31 heavy (non-hydrogen) atoms. The predicted octanol–water partition coefficient (Wildman–Crippen LogP) is 2.92. The van der Waals surface area contributed by atoms with Crippen LogP contribution in [0.1, 0.15) is 16.4 Å². The van der Waals surface area contributed by atoms with Gasteiger partial charge in [0.15, 0.2) is 17.1 Å². The Hall–Kier alpha value is -3.65. The van der Waals surface area contributed by atoms with E-state index in [4.69, 9.17) is 14.9 Å². The lowest BCUT2D eigenvalue weighted by atomic mass is 10.2. The summed E-state index contributed by atoms with van der Waals surface area (Å²) in [6.45, 7) is 3.27. The number of ether oxygens (including phenoxy) is 1. The van der Waals surface area contributed by atoms with Gasteiger partial charge in [-0.2, -0.15) is 0 Å². The zero-order valence-electron chi connectivity index (χ0n) is 17.2. The second-order valence-electron chi connectivity index (χ2n) is 7.60. The third-order valence-electron chi connectivity index (χ3n) is 5.64. The van der Waals surface area contributed by atoms with Crippen LogP contribution in [-0.2, 0) is 6.54 Å². The number of carbonyl (C=O) groups is 1. The molecule has 0 bridgehead atoms. The number of para-hydroxylation sites is 2. The molecule has 0 atom stereocenters. The molecule has 8 heteroatoms. The smallest absolute Gasteiger partial charge is 0.289 e. The molecule has 0 unspecified atom stereocenters. The van der Waals surface area contributed by atoms with E-state index in [0.29, 0.717) is 48.4 Å². The Morgan fingerprint density at radius 3 is 2.71 bits per heavy atom. The maximum Gasteiger partial charge on any atom is 0.289 e. The van der Waals surface area contributed by atoms with Gasteiger partial charge in [0.2, 0.25) is 0 Å². The Balaban J connectivity index is 1.26. The molecule has 1 fully saturated rings. The Morgan fingerprint density at radius 2 is 1.90 bits per heavy atom. The zero-order chi connectivity index (χ0) is 21.4. The molecule has 0 aliphatic carbocycles. The van der Waals surface area contributed by atoms with Gasteiger partial charge in [-0.1, -0.05) is 24.3 Å². The van der Waals surface area contributed by atoms with Crippen LogP contribution >= 0.6 is 0 Å². The maximum atomic E-state index is 13.0. The number of amides is 1. The van der Waals surface area contributed by atoms with Crippen LogP contribution in [0.15, 0.2) is 52.9 Å². The summed E-state index contributed by atoms with van der Waals surface area (Å²) in [4.78, 5) is 26.1. The second kappa shape index (κ2) is 7.88. The standard InChI is InChI=1S/C23H23N5O3/c1-30-18-8-4-5-15-13-19(31-21(15)18)23(29)28-11-9-27(10-12-28)14-20-25-17-7-3-2-6-16(17)22(24)26-20/h2-8,13H,9-12,14H2,1H3,(H2,24,25,26). The fourth-order valence-electron chi connectivity index (χ4n) is 3.99. The number of aromatic nitrogens is 2. The highest BCUT2D eigenvalue weighted by molar-refractivity contribution is 5.97. The topological polar surface area (TPSA) is 97.7 Å². The first-order valence-electron chi connectivity index (χ1n) is 10.2. The van der Waals surface area contributed by atoms with Gasteiger partial charge >= 0.3 is 0 Å². The van der Waals surface area contributed by atoms with E-state index in [2.05, 4.69) is 14.9 Å². The van der Waals surface area contributed by atoms with Crippen LogP contribution < -0.4 is 10.5 Å². The molecule has 1 amide bonds. The van der Waals surface area contributed by atoms with Crippen LogP contribution in [0, 0.1) is 0 Å². The summed E-state index contributed by atoms with van der Waals surface area (Å²) in [5.41, 5.74) is 7.54. The number of carbonyl (C=O) groups excluding carboxylic acids is 1. The number of furan rings is 1. The molecule has 0 saturated carbocycles. The summed E-state index contributed by atoms with van der Waals surface area (Å²) in [6, 6.07) is 15.1. The van der Waals surface area contributed by atoms with Gasteiger partial charge in [-0.15, -0.1) is 0 Å². The van der Waals surface area contributed by atoms with Gasteiger partial charge in [-0.05, 0) is 24.3 Å². The quantitative estimate of drug-likeness (QED) is 0.545. The third kappa shape index (κ3) is 3.66. The van der Waals surface area contributed by atoms with Crippen molar-refractivity contribution in [1.82, 2.24) is 19.8 Å². The van der Waals surface area contributed by atoms with E-state index in [1.54, 1.807) is 13.2 Å². The molecule has 5 rings (SSSR count). The average Bonchev–Trinajstić information content (AvgIpc) is 3.24. The Kier molecular flexibility index (Phi) is 4.91. The van der Waals surface area contributed by atoms with E-state index < -0.39 is 0 Å². The number of benzene rings is 2. The van der Waals surface area contributed by atoms with Gasteiger partial charge < -0.3 is 19.8 Å². The van der Waals surface area contributed by atoms with Crippen LogP contribution in [0.4, 0.5) is 5.82 Å². The zero-order valence-corrected chi connectivity index (χ0v) is 17.2. The van der Waals surface area contributed by atoms with E-state index in [-0.39, 0.29) is 5.91 Å².